The van der Waals surface area contributed by atoms with Crippen molar-refractivity contribution in [2.45, 2.75) is 51.2 Å². The van der Waals surface area contributed by atoms with Crippen LogP contribution in [-0.2, 0) is 20.3 Å². The highest BCUT2D eigenvalue weighted by Crippen LogP contribution is 2.35. The van der Waals surface area contributed by atoms with Crippen molar-refractivity contribution in [3.8, 4) is 0 Å². The molecule has 5 heteroatoms. The predicted molar refractivity (Wildman–Crippen MR) is 91.0 cm³/mol. The lowest BCUT2D eigenvalue weighted by Gasteiger charge is -2.36. The zero-order valence-corrected chi connectivity index (χ0v) is 14.8. The second-order valence-corrected chi connectivity index (χ2v) is 7.85. The molecule has 4 unspecified atom stereocenters. The van der Waals surface area contributed by atoms with E-state index in [9.17, 15) is 9.00 Å². The molecule has 4 atom stereocenters. The number of pyridine rings is 1. The monoisotopic (exact) mass is 335 g/mol. The topological polar surface area (TPSA) is 56.3 Å². The van der Waals surface area contributed by atoms with Gasteiger partial charge in [-0.05, 0) is 42.7 Å². The number of carbonyl (C=O) groups excluding carboxylic acids is 1. The van der Waals surface area contributed by atoms with Crippen LogP contribution in [0.15, 0.2) is 40.9 Å². The summed E-state index contributed by atoms with van der Waals surface area (Å²) in [4.78, 5) is 16.1. The number of hydrogen-bond donors (Lipinski definition) is 0. The van der Waals surface area contributed by atoms with Crippen LogP contribution in [0.2, 0.25) is 0 Å². The van der Waals surface area contributed by atoms with Crippen molar-refractivity contribution in [1.82, 2.24) is 4.98 Å². The van der Waals surface area contributed by atoms with E-state index in [1.54, 1.807) is 24.4 Å². The standard InChI is InChI=1S/C18H25NO3S/c1-13(2)15-8-7-14(3)12-16(15)22-18(20)9-11-23(21)17-6-4-5-10-19-17/h4-6,9-11,13-16H,7-8,12H2,1-3H3. The largest absolute Gasteiger partial charge is 0.459 e. The lowest BCUT2D eigenvalue weighted by molar-refractivity contribution is -0.149. The van der Waals surface area contributed by atoms with Crippen LogP contribution in [0.1, 0.15) is 40.0 Å². The molecule has 1 aromatic rings. The van der Waals surface area contributed by atoms with E-state index in [1.165, 1.54) is 17.9 Å². The van der Waals surface area contributed by atoms with E-state index in [2.05, 4.69) is 25.8 Å². The highest BCUT2D eigenvalue weighted by molar-refractivity contribution is 7.88. The van der Waals surface area contributed by atoms with Gasteiger partial charge in [-0.25, -0.2) is 14.0 Å². The van der Waals surface area contributed by atoms with Crippen molar-refractivity contribution in [3.05, 3.63) is 35.9 Å². The third kappa shape index (κ3) is 5.27. The summed E-state index contributed by atoms with van der Waals surface area (Å²) in [5.41, 5.74) is 0. The maximum atomic E-state index is 12.1. The van der Waals surface area contributed by atoms with Gasteiger partial charge in [-0.15, -0.1) is 0 Å². The Kier molecular flexibility index (Phi) is 6.51. The molecule has 0 spiro atoms. The molecule has 2 rings (SSSR count). The molecule has 0 aliphatic heterocycles. The minimum absolute atomic E-state index is 0.0424. The molecule has 1 aromatic heterocycles. The van der Waals surface area contributed by atoms with Gasteiger partial charge in [0.15, 0.2) is 0 Å². The van der Waals surface area contributed by atoms with Crippen LogP contribution >= 0.6 is 0 Å². The molecule has 0 aromatic carbocycles. The molecule has 1 aliphatic rings. The zero-order chi connectivity index (χ0) is 16.8. The van der Waals surface area contributed by atoms with Gasteiger partial charge in [-0.2, -0.15) is 0 Å². The first kappa shape index (κ1) is 17.9. The molecule has 1 heterocycles. The molecule has 23 heavy (non-hydrogen) atoms. The highest BCUT2D eigenvalue weighted by atomic mass is 32.2. The number of ether oxygens (including phenoxy) is 1. The van der Waals surface area contributed by atoms with Gasteiger partial charge >= 0.3 is 5.97 Å². The average Bonchev–Trinajstić information content (AvgIpc) is 2.53. The molecule has 0 amide bonds. The van der Waals surface area contributed by atoms with E-state index in [4.69, 9.17) is 4.74 Å². The van der Waals surface area contributed by atoms with Gasteiger partial charge in [-0.1, -0.05) is 33.3 Å². The van der Waals surface area contributed by atoms with Gasteiger partial charge in [0, 0.05) is 17.7 Å². The fraction of sp³-hybridized carbons (Fsp3) is 0.556. The molecule has 126 valence electrons. The summed E-state index contributed by atoms with van der Waals surface area (Å²) in [6, 6.07) is 5.20. The van der Waals surface area contributed by atoms with Crippen molar-refractivity contribution in [2.75, 3.05) is 0 Å². The number of carbonyl (C=O) groups is 1. The van der Waals surface area contributed by atoms with E-state index in [1.807, 2.05) is 0 Å². The third-order valence-electron chi connectivity index (χ3n) is 4.40. The Morgan fingerprint density at radius 1 is 1.39 bits per heavy atom. The van der Waals surface area contributed by atoms with Crippen LogP contribution in [-0.4, -0.2) is 21.3 Å². The summed E-state index contributed by atoms with van der Waals surface area (Å²) in [6.07, 6.45) is 6.00. The minimum atomic E-state index is -1.43. The van der Waals surface area contributed by atoms with Gasteiger partial charge in [0.2, 0.25) is 0 Å². The van der Waals surface area contributed by atoms with E-state index in [0.29, 0.717) is 22.8 Å². The van der Waals surface area contributed by atoms with Gasteiger partial charge in [-0.3, -0.25) is 0 Å². The molecular weight excluding hydrogens is 310 g/mol. The van der Waals surface area contributed by atoms with Crippen LogP contribution < -0.4 is 0 Å². The summed E-state index contributed by atoms with van der Waals surface area (Å²) in [6.45, 7) is 6.55. The number of aromatic nitrogens is 1. The van der Waals surface area contributed by atoms with Crippen LogP contribution in [0, 0.1) is 17.8 Å². The van der Waals surface area contributed by atoms with Gasteiger partial charge in [0.25, 0.3) is 0 Å². The van der Waals surface area contributed by atoms with Crippen LogP contribution in [0.3, 0.4) is 0 Å². The van der Waals surface area contributed by atoms with Gasteiger partial charge < -0.3 is 4.74 Å². The highest BCUT2D eigenvalue weighted by Gasteiger charge is 2.32. The van der Waals surface area contributed by atoms with Crippen molar-refractivity contribution in [2.24, 2.45) is 17.8 Å². The summed E-state index contributed by atoms with van der Waals surface area (Å²) in [5.74, 6) is 1.06. The van der Waals surface area contributed by atoms with Crippen molar-refractivity contribution < 1.29 is 13.7 Å². The quantitative estimate of drug-likeness (QED) is 0.608. The second kappa shape index (κ2) is 8.39. The first-order chi connectivity index (χ1) is 11.0. The molecule has 0 N–H and O–H groups in total. The first-order valence-corrected chi connectivity index (χ1v) is 9.39. The van der Waals surface area contributed by atoms with Crippen LogP contribution in [0.4, 0.5) is 0 Å². The van der Waals surface area contributed by atoms with Gasteiger partial charge in [0.1, 0.15) is 11.1 Å². The molecule has 0 bridgehead atoms. The average molecular weight is 335 g/mol. The lowest BCUT2D eigenvalue weighted by atomic mass is 9.75. The van der Waals surface area contributed by atoms with E-state index in [0.717, 1.165) is 12.8 Å². The number of rotatable bonds is 5. The molecule has 0 saturated heterocycles. The Morgan fingerprint density at radius 3 is 2.83 bits per heavy atom. The first-order valence-electron chi connectivity index (χ1n) is 8.17. The molecule has 0 radical (unpaired) electrons. The van der Waals surface area contributed by atoms with Crippen molar-refractivity contribution >= 4 is 16.8 Å². The Morgan fingerprint density at radius 2 is 2.17 bits per heavy atom. The lowest BCUT2D eigenvalue weighted by Crippen LogP contribution is -2.35. The van der Waals surface area contributed by atoms with Crippen molar-refractivity contribution in [1.29, 1.82) is 0 Å². The minimum Gasteiger partial charge on any atom is -0.459 e. The Labute approximate surface area is 140 Å². The molecular formula is C18H25NO3S. The molecule has 1 fully saturated rings. The Hall–Kier alpha value is -1.49. The summed E-state index contributed by atoms with van der Waals surface area (Å²) in [5, 5.41) is 1.78. The zero-order valence-electron chi connectivity index (χ0n) is 14.0. The van der Waals surface area contributed by atoms with Crippen LogP contribution in [0.25, 0.3) is 0 Å². The maximum absolute atomic E-state index is 12.1. The molecule has 1 saturated carbocycles. The SMILES string of the molecule is CC1CCC(C(C)C)C(OC(=O)C=CS(=O)c2ccccn2)C1. The smallest absolute Gasteiger partial charge is 0.331 e. The predicted octanol–water partition coefficient (Wildman–Crippen LogP) is 3.71. The second-order valence-electron chi connectivity index (χ2n) is 6.57. The maximum Gasteiger partial charge on any atom is 0.331 e. The normalized spacial score (nSPS) is 26.3. The van der Waals surface area contributed by atoms with Gasteiger partial charge in [0.05, 0.1) is 10.8 Å². The summed E-state index contributed by atoms with van der Waals surface area (Å²) < 4.78 is 17.7. The Bertz CT molecular complexity index is 571. The van der Waals surface area contributed by atoms with E-state index >= 15 is 0 Å². The number of hydrogen-bond acceptors (Lipinski definition) is 4. The van der Waals surface area contributed by atoms with Crippen LogP contribution in [0.5, 0.6) is 0 Å². The fourth-order valence-corrected chi connectivity index (χ4v) is 3.84. The van der Waals surface area contributed by atoms with E-state index in [-0.39, 0.29) is 6.10 Å². The molecule has 4 nitrogen and oxygen atoms in total. The number of nitrogens with zero attached hydrogens (tertiary/aromatic N) is 1. The molecule has 1 aliphatic carbocycles. The fourth-order valence-electron chi connectivity index (χ4n) is 3.09. The summed E-state index contributed by atoms with van der Waals surface area (Å²) >= 11 is 0. The number of esters is 1. The summed E-state index contributed by atoms with van der Waals surface area (Å²) in [7, 11) is -1.43. The van der Waals surface area contributed by atoms with Crippen molar-refractivity contribution in [3.63, 3.8) is 0 Å². The van der Waals surface area contributed by atoms with E-state index < -0.39 is 16.8 Å². The third-order valence-corrected chi connectivity index (χ3v) is 5.44. The Balaban J connectivity index is 1.95.